The minimum atomic E-state index is -0.989. The van der Waals surface area contributed by atoms with Gasteiger partial charge in [-0.2, -0.15) is 5.26 Å². The van der Waals surface area contributed by atoms with Crippen molar-refractivity contribution in [2.75, 3.05) is 14.2 Å². The molecule has 2 rings (SSSR count). The molecule has 10 nitrogen and oxygen atoms in total. The average molecular weight is 437 g/mol. The number of benzene rings is 1. The van der Waals surface area contributed by atoms with E-state index in [1.807, 2.05) is 0 Å². The number of likely N-dealkylation sites (N-methyl/N-ethyl adjacent to an activating group) is 1. The number of aliphatic hydroxyl groups is 1. The van der Waals surface area contributed by atoms with Crippen LogP contribution in [0.25, 0.3) is 5.76 Å². The van der Waals surface area contributed by atoms with Gasteiger partial charge in [0.2, 0.25) is 5.75 Å². The molecule has 0 fully saturated rings. The molecule has 30 heavy (non-hydrogen) atoms. The number of aromatic hydroxyl groups is 1. The highest BCUT2D eigenvalue weighted by Gasteiger charge is 2.26. The molecule has 1 amide bonds. The van der Waals surface area contributed by atoms with Crippen molar-refractivity contribution < 1.29 is 29.1 Å². The van der Waals surface area contributed by atoms with Gasteiger partial charge in [0.15, 0.2) is 11.3 Å². The summed E-state index contributed by atoms with van der Waals surface area (Å²) in [5.41, 5.74) is -1.86. The minimum absolute atomic E-state index is 0.00496. The van der Waals surface area contributed by atoms with E-state index < -0.39 is 39.4 Å². The molecule has 156 valence electrons. The normalized spacial score (nSPS) is 11.3. The van der Waals surface area contributed by atoms with Crippen LogP contribution >= 0.6 is 11.6 Å². The van der Waals surface area contributed by atoms with Gasteiger partial charge in [-0.25, -0.2) is 9.37 Å². The number of nitro groups is 1. The van der Waals surface area contributed by atoms with E-state index in [4.69, 9.17) is 16.3 Å². The zero-order chi connectivity index (χ0) is 22.6. The van der Waals surface area contributed by atoms with Crippen LogP contribution < -0.4 is 4.74 Å². The lowest BCUT2D eigenvalue weighted by Gasteiger charge is -2.18. The van der Waals surface area contributed by atoms with Gasteiger partial charge < -0.3 is 19.8 Å². The summed E-state index contributed by atoms with van der Waals surface area (Å²) in [4.78, 5) is 27.3. The molecule has 1 aromatic heterocycles. The molecule has 0 unspecified atom stereocenters. The summed E-state index contributed by atoms with van der Waals surface area (Å²) in [6.07, 6.45) is 0.871. The van der Waals surface area contributed by atoms with Crippen LogP contribution in [-0.2, 0) is 11.3 Å². The zero-order valence-electron chi connectivity index (χ0n) is 15.6. The lowest BCUT2D eigenvalue weighted by atomic mass is 10.1. The van der Waals surface area contributed by atoms with Gasteiger partial charge in [0.1, 0.15) is 22.8 Å². The molecular formula is C18H14ClFN4O6. The molecule has 0 atom stereocenters. The Labute approximate surface area is 174 Å². The van der Waals surface area contributed by atoms with E-state index in [0.717, 1.165) is 30.3 Å². The number of carbonyl (C=O) groups excluding carboxylic acids is 1. The van der Waals surface area contributed by atoms with Gasteiger partial charge in [0, 0.05) is 30.8 Å². The summed E-state index contributed by atoms with van der Waals surface area (Å²) in [5.74, 6) is -3.74. The average Bonchev–Trinajstić information content (AvgIpc) is 2.70. The van der Waals surface area contributed by atoms with Crippen molar-refractivity contribution in [3.8, 4) is 17.6 Å². The first kappa shape index (κ1) is 22.4. The molecule has 0 saturated heterocycles. The Balaban J connectivity index is 2.47. The monoisotopic (exact) mass is 436 g/mol. The number of aliphatic hydroxyl groups excluding tert-OH is 1. The number of ether oxygens (including phenoxy) is 1. The Morgan fingerprint density at radius 3 is 2.70 bits per heavy atom. The van der Waals surface area contributed by atoms with Gasteiger partial charge in [0.05, 0.1) is 18.2 Å². The van der Waals surface area contributed by atoms with E-state index in [0.29, 0.717) is 0 Å². The van der Waals surface area contributed by atoms with E-state index in [2.05, 4.69) is 4.98 Å². The van der Waals surface area contributed by atoms with Crippen LogP contribution in [0.4, 0.5) is 10.1 Å². The number of phenols is 1. The van der Waals surface area contributed by atoms with E-state index in [1.54, 1.807) is 0 Å². The van der Waals surface area contributed by atoms with Gasteiger partial charge in [-0.1, -0.05) is 11.6 Å². The summed E-state index contributed by atoms with van der Waals surface area (Å²) in [5, 5.41) is 40.7. The number of carbonyl (C=O) groups is 1. The number of hydrogen-bond acceptors (Lipinski definition) is 8. The van der Waals surface area contributed by atoms with Crippen LogP contribution in [0.3, 0.4) is 0 Å². The number of pyridine rings is 1. The second-order valence-corrected chi connectivity index (χ2v) is 6.29. The van der Waals surface area contributed by atoms with Crippen LogP contribution in [-0.4, -0.2) is 45.1 Å². The number of rotatable bonds is 6. The minimum Gasteiger partial charge on any atom is -0.506 e. The molecule has 1 aromatic carbocycles. The van der Waals surface area contributed by atoms with E-state index >= 15 is 0 Å². The number of nitrogens with zero attached hydrogens (tertiary/aromatic N) is 4. The molecule has 0 spiro atoms. The largest absolute Gasteiger partial charge is 0.506 e. The molecule has 0 aliphatic heterocycles. The van der Waals surface area contributed by atoms with Crippen LogP contribution in [0, 0.1) is 27.3 Å². The van der Waals surface area contributed by atoms with Crippen LogP contribution in [0.15, 0.2) is 30.0 Å². The van der Waals surface area contributed by atoms with Gasteiger partial charge in [-0.15, -0.1) is 0 Å². The fourth-order valence-electron chi connectivity index (χ4n) is 2.46. The van der Waals surface area contributed by atoms with E-state index in [9.17, 15) is 34.8 Å². The molecule has 0 radical (unpaired) electrons. The number of aromatic nitrogens is 1. The standard InChI is InChI=1S/C18H14ClFN4O6/c1-23(8-10-5-15(19)22-7-12(10)20)18(27)11(6-21)16(25)9-3-13(24(28)29)17(26)14(4-9)30-2/h3-5,7,25-26H,8H2,1-2H3/b16-11-. The predicted octanol–water partition coefficient (Wildman–Crippen LogP) is 2.95. The lowest BCUT2D eigenvalue weighted by Crippen LogP contribution is -2.28. The highest BCUT2D eigenvalue weighted by molar-refractivity contribution is 6.29. The fraction of sp³-hybridized carbons (Fsp3) is 0.167. The zero-order valence-corrected chi connectivity index (χ0v) is 16.3. The summed E-state index contributed by atoms with van der Waals surface area (Å²) >= 11 is 5.71. The Kier molecular flexibility index (Phi) is 6.76. The highest BCUT2D eigenvalue weighted by Crippen LogP contribution is 2.38. The molecule has 0 aliphatic rings. The predicted molar refractivity (Wildman–Crippen MR) is 102 cm³/mol. The summed E-state index contributed by atoms with van der Waals surface area (Å²) < 4.78 is 18.7. The molecule has 1 heterocycles. The maximum Gasteiger partial charge on any atom is 0.315 e. The second-order valence-electron chi connectivity index (χ2n) is 5.90. The third kappa shape index (κ3) is 4.56. The fourth-order valence-corrected chi connectivity index (χ4v) is 2.64. The van der Waals surface area contributed by atoms with Crippen molar-refractivity contribution in [3.05, 3.63) is 62.2 Å². The van der Waals surface area contributed by atoms with E-state index in [-0.39, 0.29) is 28.6 Å². The topological polar surface area (TPSA) is 150 Å². The van der Waals surface area contributed by atoms with Crippen molar-refractivity contribution in [2.45, 2.75) is 6.54 Å². The number of phenolic OH excluding ortho intramolecular Hbond substituents is 1. The van der Waals surface area contributed by atoms with Gasteiger partial charge in [0.25, 0.3) is 5.91 Å². The first-order valence-electron chi connectivity index (χ1n) is 8.05. The Hall–Kier alpha value is -3.91. The molecule has 0 saturated carbocycles. The van der Waals surface area contributed by atoms with Crippen molar-refractivity contribution >= 4 is 29.0 Å². The Morgan fingerprint density at radius 2 is 2.13 bits per heavy atom. The Morgan fingerprint density at radius 1 is 1.47 bits per heavy atom. The van der Waals surface area contributed by atoms with Crippen molar-refractivity contribution in [1.29, 1.82) is 5.26 Å². The molecular weight excluding hydrogens is 423 g/mol. The maximum absolute atomic E-state index is 13.9. The lowest BCUT2D eigenvalue weighted by molar-refractivity contribution is -0.386. The SMILES string of the molecule is COc1cc(/C(O)=C(\C#N)C(=O)N(C)Cc2cc(Cl)ncc2F)cc([N+](=O)[O-])c1O. The number of nitro benzene ring substituents is 1. The number of halogens is 2. The van der Waals surface area contributed by atoms with Crippen LogP contribution in [0.2, 0.25) is 5.15 Å². The molecule has 2 aromatic rings. The second kappa shape index (κ2) is 9.06. The van der Waals surface area contributed by atoms with E-state index in [1.165, 1.54) is 19.2 Å². The molecule has 0 aliphatic carbocycles. The smallest absolute Gasteiger partial charge is 0.315 e. The quantitative estimate of drug-likeness (QED) is 0.175. The summed E-state index contributed by atoms with van der Waals surface area (Å²) in [6, 6.07) is 4.52. The number of methoxy groups -OCH3 is 1. The first-order chi connectivity index (χ1) is 14.1. The van der Waals surface area contributed by atoms with Crippen molar-refractivity contribution in [2.24, 2.45) is 0 Å². The molecule has 12 heteroatoms. The van der Waals surface area contributed by atoms with Crippen LogP contribution in [0.1, 0.15) is 11.1 Å². The first-order valence-corrected chi connectivity index (χ1v) is 8.43. The van der Waals surface area contributed by atoms with Gasteiger partial charge in [-0.3, -0.25) is 14.9 Å². The molecule has 0 bridgehead atoms. The number of hydrogen-bond donors (Lipinski definition) is 2. The maximum atomic E-state index is 13.9. The number of amides is 1. The van der Waals surface area contributed by atoms with Crippen LogP contribution in [0.5, 0.6) is 11.5 Å². The third-order valence-electron chi connectivity index (χ3n) is 3.96. The van der Waals surface area contributed by atoms with Crippen molar-refractivity contribution in [1.82, 2.24) is 9.88 Å². The summed E-state index contributed by atoms with van der Waals surface area (Å²) in [6.45, 7) is -0.301. The third-order valence-corrected chi connectivity index (χ3v) is 4.17. The number of nitriles is 1. The van der Waals surface area contributed by atoms with Gasteiger partial charge >= 0.3 is 5.69 Å². The van der Waals surface area contributed by atoms with Crippen molar-refractivity contribution in [3.63, 3.8) is 0 Å². The Bertz CT molecular complexity index is 1100. The highest BCUT2D eigenvalue weighted by atomic mass is 35.5. The molecule has 2 N–H and O–H groups in total. The van der Waals surface area contributed by atoms with Gasteiger partial charge in [-0.05, 0) is 12.1 Å². The summed E-state index contributed by atoms with van der Waals surface area (Å²) in [7, 11) is 2.38.